The highest BCUT2D eigenvalue weighted by atomic mass is 16.2. The zero-order valence-corrected chi connectivity index (χ0v) is 19.5. The van der Waals surface area contributed by atoms with E-state index in [-0.39, 0.29) is 23.6 Å². The lowest BCUT2D eigenvalue weighted by Gasteiger charge is -2.37. The summed E-state index contributed by atoms with van der Waals surface area (Å²) in [6, 6.07) is 14.5. The summed E-state index contributed by atoms with van der Waals surface area (Å²) < 4.78 is 0. The van der Waals surface area contributed by atoms with Gasteiger partial charge in [0.25, 0.3) is 11.8 Å². The number of piperidine rings is 1. The van der Waals surface area contributed by atoms with Crippen molar-refractivity contribution >= 4 is 17.7 Å². The lowest BCUT2D eigenvalue weighted by Crippen LogP contribution is -2.54. The molecule has 6 heteroatoms. The number of rotatable bonds is 5. The van der Waals surface area contributed by atoms with Crippen LogP contribution in [0.3, 0.4) is 0 Å². The minimum Gasteiger partial charge on any atom is -0.341 e. The van der Waals surface area contributed by atoms with E-state index in [1.54, 1.807) is 6.07 Å². The third-order valence-electron chi connectivity index (χ3n) is 6.81. The van der Waals surface area contributed by atoms with Crippen molar-refractivity contribution in [1.82, 2.24) is 15.1 Å². The Morgan fingerprint density at radius 2 is 1.39 bits per heavy atom. The molecule has 174 valence electrons. The van der Waals surface area contributed by atoms with Gasteiger partial charge in [0.1, 0.15) is 6.04 Å². The average molecular weight is 448 g/mol. The van der Waals surface area contributed by atoms with Crippen LogP contribution in [0.4, 0.5) is 0 Å². The van der Waals surface area contributed by atoms with Gasteiger partial charge in [-0.25, -0.2) is 0 Å². The van der Waals surface area contributed by atoms with Crippen LogP contribution in [0.15, 0.2) is 48.5 Å². The number of amides is 3. The van der Waals surface area contributed by atoms with Gasteiger partial charge in [-0.1, -0.05) is 35.4 Å². The van der Waals surface area contributed by atoms with Gasteiger partial charge in [0, 0.05) is 37.3 Å². The van der Waals surface area contributed by atoms with Gasteiger partial charge in [0.05, 0.1) is 0 Å². The maximum atomic E-state index is 13.4. The van der Waals surface area contributed by atoms with Crippen molar-refractivity contribution in [1.29, 1.82) is 0 Å². The highest BCUT2D eigenvalue weighted by molar-refractivity contribution is 5.98. The Morgan fingerprint density at radius 3 is 2.00 bits per heavy atom. The molecule has 2 heterocycles. The maximum Gasteiger partial charge on any atom is 0.253 e. The molecule has 1 atom stereocenters. The Balaban J connectivity index is 1.46. The summed E-state index contributed by atoms with van der Waals surface area (Å²) in [4.78, 5) is 43.1. The second-order valence-corrected chi connectivity index (χ2v) is 9.35. The first-order chi connectivity index (χ1) is 15.9. The average Bonchev–Trinajstić information content (AvgIpc) is 3.37. The zero-order chi connectivity index (χ0) is 23.4. The quantitative estimate of drug-likeness (QED) is 0.762. The van der Waals surface area contributed by atoms with Gasteiger partial charge in [-0.05, 0) is 69.7 Å². The third-order valence-corrected chi connectivity index (χ3v) is 6.81. The molecular formula is C27H33N3O3. The standard InChI is InChI=1S/C27H33N3O3/c1-19-7-5-9-22(17-19)25(31)28-24(27(33)29-13-3-4-14-29)21-11-15-30(16-12-21)26(32)23-10-6-8-20(2)18-23/h5-10,17-18,21,24H,3-4,11-16H2,1-2H3,(H,28,31)/t24-/m1/s1. The van der Waals surface area contributed by atoms with Gasteiger partial charge in [-0.15, -0.1) is 0 Å². The van der Waals surface area contributed by atoms with E-state index in [0.717, 1.165) is 37.1 Å². The summed E-state index contributed by atoms with van der Waals surface area (Å²) in [5, 5.41) is 3.06. The van der Waals surface area contributed by atoms with Gasteiger partial charge in [-0.3, -0.25) is 14.4 Å². The Labute approximate surface area is 196 Å². The van der Waals surface area contributed by atoms with Gasteiger partial charge in [0.15, 0.2) is 0 Å². The Hall–Kier alpha value is -3.15. The van der Waals surface area contributed by atoms with Crippen LogP contribution in [-0.4, -0.2) is 59.7 Å². The van der Waals surface area contributed by atoms with Gasteiger partial charge in [-0.2, -0.15) is 0 Å². The van der Waals surface area contributed by atoms with Crippen LogP contribution >= 0.6 is 0 Å². The van der Waals surface area contributed by atoms with E-state index in [4.69, 9.17) is 0 Å². The number of likely N-dealkylation sites (tertiary alicyclic amines) is 2. The molecule has 2 saturated heterocycles. The smallest absolute Gasteiger partial charge is 0.253 e. The second kappa shape index (κ2) is 10.2. The van der Waals surface area contributed by atoms with Gasteiger partial charge >= 0.3 is 0 Å². The largest absolute Gasteiger partial charge is 0.341 e. The summed E-state index contributed by atoms with van der Waals surface area (Å²) in [5.41, 5.74) is 3.34. The maximum absolute atomic E-state index is 13.4. The lowest BCUT2D eigenvalue weighted by atomic mass is 9.88. The van der Waals surface area contributed by atoms with E-state index in [1.807, 2.05) is 66.1 Å². The Bertz CT molecular complexity index is 1020. The van der Waals surface area contributed by atoms with Crippen molar-refractivity contribution in [3.05, 3.63) is 70.8 Å². The monoisotopic (exact) mass is 447 g/mol. The molecule has 3 amide bonds. The molecule has 0 saturated carbocycles. The lowest BCUT2D eigenvalue weighted by molar-refractivity contribution is -0.134. The summed E-state index contributed by atoms with van der Waals surface area (Å²) in [6.45, 7) is 6.60. The molecule has 2 aliphatic rings. The van der Waals surface area contributed by atoms with Crippen molar-refractivity contribution in [3.8, 4) is 0 Å². The molecule has 0 spiro atoms. The minimum atomic E-state index is -0.563. The van der Waals surface area contributed by atoms with Crippen LogP contribution < -0.4 is 5.32 Å². The first-order valence-corrected chi connectivity index (χ1v) is 11.9. The predicted molar refractivity (Wildman–Crippen MR) is 128 cm³/mol. The van der Waals surface area contributed by atoms with Crippen molar-refractivity contribution in [2.45, 2.75) is 45.6 Å². The van der Waals surface area contributed by atoms with Crippen LogP contribution in [0.25, 0.3) is 0 Å². The molecule has 0 aromatic heterocycles. The third kappa shape index (κ3) is 5.44. The van der Waals surface area contributed by atoms with E-state index in [1.165, 1.54) is 0 Å². The number of carbonyl (C=O) groups is 3. The molecule has 2 aliphatic heterocycles. The molecule has 1 N–H and O–H groups in total. The van der Waals surface area contributed by atoms with Gasteiger partial charge in [0.2, 0.25) is 5.91 Å². The van der Waals surface area contributed by atoms with E-state index < -0.39 is 6.04 Å². The molecule has 4 rings (SSSR count). The fourth-order valence-electron chi connectivity index (χ4n) is 4.92. The fraction of sp³-hybridized carbons (Fsp3) is 0.444. The summed E-state index contributed by atoms with van der Waals surface area (Å²) >= 11 is 0. The Morgan fingerprint density at radius 1 is 0.818 bits per heavy atom. The van der Waals surface area contributed by atoms with Crippen molar-refractivity contribution < 1.29 is 14.4 Å². The molecule has 2 fully saturated rings. The highest BCUT2D eigenvalue weighted by Crippen LogP contribution is 2.25. The number of aryl methyl sites for hydroxylation is 2. The summed E-state index contributed by atoms with van der Waals surface area (Å²) in [7, 11) is 0. The molecular weight excluding hydrogens is 414 g/mol. The second-order valence-electron chi connectivity index (χ2n) is 9.35. The van der Waals surface area contributed by atoms with Crippen molar-refractivity contribution in [3.63, 3.8) is 0 Å². The molecule has 33 heavy (non-hydrogen) atoms. The molecule has 6 nitrogen and oxygen atoms in total. The molecule has 0 aliphatic carbocycles. The Kier molecular flexibility index (Phi) is 7.11. The number of hydrogen-bond acceptors (Lipinski definition) is 3. The number of nitrogens with one attached hydrogen (secondary N) is 1. The first-order valence-electron chi connectivity index (χ1n) is 11.9. The van der Waals surface area contributed by atoms with Crippen LogP contribution in [0.1, 0.15) is 57.5 Å². The van der Waals surface area contributed by atoms with Crippen LogP contribution in [0.5, 0.6) is 0 Å². The van der Waals surface area contributed by atoms with E-state index in [9.17, 15) is 14.4 Å². The van der Waals surface area contributed by atoms with Gasteiger partial charge < -0.3 is 15.1 Å². The first kappa shape index (κ1) is 23.0. The topological polar surface area (TPSA) is 69.7 Å². The molecule has 2 aromatic carbocycles. The number of nitrogens with zero attached hydrogens (tertiary/aromatic N) is 2. The number of carbonyl (C=O) groups excluding carboxylic acids is 3. The van der Waals surface area contributed by atoms with E-state index in [2.05, 4.69) is 5.32 Å². The van der Waals surface area contributed by atoms with Crippen LogP contribution in [-0.2, 0) is 4.79 Å². The summed E-state index contributed by atoms with van der Waals surface area (Å²) in [5.74, 6) is -0.164. The molecule has 2 aromatic rings. The number of benzene rings is 2. The predicted octanol–water partition coefficient (Wildman–Crippen LogP) is 3.58. The highest BCUT2D eigenvalue weighted by Gasteiger charge is 2.37. The van der Waals surface area contributed by atoms with Crippen LogP contribution in [0.2, 0.25) is 0 Å². The van der Waals surface area contributed by atoms with Crippen molar-refractivity contribution in [2.24, 2.45) is 5.92 Å². The normalized spacial score (nSPS) is 17.6. The van der Waals surface area contributed by atoms with E-state index >= 15 is 0 Å². The van der Waals surface area contributed by atoms with Crippen molar-refractivity contribution in [2.75, 3.05) is 26.2 Å². The van der Waals surface area contributed by atoms with E-state index in [0.29, 0.717) is 37.1 Å². The summed E-state index contributed by atoms with van der Waals surface area (Å²) in [6.07, 6.45) is 3.40. The molecule has 0 bridgehead atoms. The van der Waals surface area contributed by atoms with Crippen LogP contribution in [0, 0.1) is 19.8 Å². The minimum absolute atomic E-state index is 0.00780. The number of hydrogen-bond donors (Lipinski definition) is 1. The fourth-order valence-corrected chi connectivity index (χ4v) is 4.92. The molecule has 0 unspecified atom stereocenters. The SMILES string of the molecule is Cc1cccc(C(=O)N[C@@H](C(=O)N2CCCC2)C2CCN(C(=O)c3cccc(C)c3)CC2)c1. The zero-order valence-electron chi connectivity index (χ0n) is 19.5. The molecule has 0 radical (unpaired) electrons.